The number of rotatable bonds is 4. The van der Waals surface area contributed by atoms with Crippen LogP contribution in [0.1, 0.15) is 54.2 Å². The third-order valence-electron chi connectivity index (χ3n) is 5.69. The quantitative estimate of drug-likeness (QED) is 0.850. The van der Waals surface area contributed by atoms with E-state index in [1.165, 1.54) is 5.56 Å². The lowest BCUT2D eigenvalue weighted by molar-refractivity contribution is -0.181. The Morgan fingerprint density at radius 2 is 1.83 bits per heavy atom. The highest BCUT2D eigenvalue weighted by Crippen LogP contribution is 2.32. The zero-order chi connectivity index (χ0) is 20.4. The van der Waals surface area contributed by atoms with Crippen LogP contribution in [-0.2, 0) is 9.47 Å². The number of aromatic nitrogens is 2. The molecule has 2 aliphatic heterocycles. The summed E-state index contributed by atoms with van der Waals surface area (Å²) in [6.07, 6.45) is 1.38. The van der Waals surface area contributed by atoms with E-state index in [1.807, 2.05) is 6.07 Å². The molecule has 2 fully saturated rings. The Morgan fingerprint density at radius 1 is 1.10 bits per heavy atom. The lowest BCUT2D eigenvalue weighted by Gasteiger charge is -2.37. The molecule has 3 heterocycles. The van der Waals surface area contributed by atoms with E-state index in [-0.39, 0.29) is 5.91 Å². The number of hydrogen-bond acceptors (Lipinski definition) is 6. The maximum absolute atomic E-state index is 12.8. The summed E-state index contributed by atoms with van der Waals surface area (Å²) in [4.78, 5) is 14.6. The minimum Gasteiger partial charge on any atom is -0.347 e. The molecule has 29 heavy (non-hydrogen) atoms. The lowest BCUT2D eigenvalue weighted by atomic mass is 9.98. The zero-order valence-electron chi connectivity index (χ0n) is 17.3. The minimum absolute atomic E-state index is 0.101. The SMILES string of the molecule is Cc1cccc(C(C)C)c1Nc1ccc(C(=O)N2CCC3(CC2)OCCO3)nn1. The van der Waals surface area contributed by atoms with Gasteiger partial charge in [0.05, 0.1) is 13.2 Å². The van der Waals surface area contributed by atoms with Gasteiger partial charge in [-0.2, -0.15) is 0 Å². The third-order valence-corrected chi connectivity index (χ3v) is 5.69. The van der Waals surface area contributed by atoms with E-state index in [9.17, 15) is 4.79 Å². The summed E-state index contributed by atoms with van der Waals surface area (Å²) in [6.45, 7) is 8.86. The van der Waals surface area contributed by atoms with Crippen molar-refractivity contribution in [1.29, 1.82) is 0 Å². The first-order valence-corrected chi connectivity index (χ1v) is 10.2. The van der Waals surface area contributed by atoms with Gasteiger partial charge in [0.25, 0.3) is 5.91 Å². The number of piperidine rings is 1. The van der Waals surface area contributed by atoms with Crippen LogP contribution < -0.4 is 5.32 Å². The molecule has 0 unspecified atom stereocenters. The fourth-order valence-corrected chi connectivity index (χ4v) is 3.98. The van der Waals surface area contributed by atoms with Crippen LogP contribution in [0.5, 0.6) is 0 Å². The van der Waals surface area contributed by atoms with Gasteiger partial charge in [-0.05, 0) is 36.1 Å². The van der Waals surface area contributed by atoms with Crippen molar-refractivity contribution in [2.75, 3.05) is 31.6 Å². The van der Waals surface area contributed by atoms with E-state index in [0.29, 0.717) is 56.6 Å². The van der Waals surface area contributed by atoms with Crippen molar-refractivity contribution >= 4 is 17.4 Å². The Kier molecular flexibility index (Phi) is 5.52. The molecule has 2 aromatic rings. The van der Waals surface area contributed by atoms with Gasteiger partial charge in [-0.25, -0.2) is 0 Å². The van der Waals surface area contributed by atoms with Crippen LogP contribution in [0, 0.1) is 6.92 Å². The molecule has 1 aromatic heterocycles. The van der Waals surface area contributed by atoms with E-state index >= 15 is 0 Å². The maximum atomic E-state index is 12.8. The smallest absolute Gasteiger partial charge is 0.274 e. The van der Waals surface area contributed by atoms with Crippen LogP contribution in [0.4, 0.5) is 11.5 Å². The van der Waals surface area contributed by atoms with Crippen LogP contribution in [0.3, 0.4) is 0 Å². The Labute approximate surface area is 171 Å². The molecule has 7 heteroatoms. The number of hydrogen-bond donors (Lipinski definition) is 1. The summed E-state index contributed by atoms with van der Waals surface area (Å²) in [7, 11) is 0. The summed E-state index contributed by atoms with van der Waals surface area (Å²) in [5.74, 6) is 0.429. The molecule has 2 aliphatic rings. The predicted molar refractivity (Wildman–Crippen MR) is 110 cm³/mol. The van der Waals surface area contributed by atoms with Crippen molar-refractivity contribution in [1.82, 2.24) is 15.1 Å². The molecule has 1 aromatic carbocycles. The van der Waals surface area contributed by atoms with E-state index in [4.69, 9.17) is 9.47 Å². The van der Waals surface area contributed by atoms with Gasteiger partial charge < -0.3 is 19.7 Å². The number of ether oxygens (including phenoxy) is 2. The second kappa shape index (κ2) is 8.08. The largest absolute Gasteiger partial charge is 0.347 e. The number of anilines is 2. The van der Waals surface area contributed by atoms with Gasteiger partial charge in [0.1, 0.15) is 0 Å². The zero-order valence-corrected chi connectivity index (χ0v) is 17.3. The van der Waals surface area contributed by atoms with Gasteiger partial charge in [-0.1, -0.05) is 32.0 Å². The van der Waals surface area contributed by atoms with E-state index in [0.717, 1.165) is 11.3 Å². The van der Waals surface area contributed by atoms with Gasteiger partial charge in [0.2, 0.25) is 0 Å². The molecule has 1 N–H and O–H groups in total. The number of carbonyl (C=O) groups is 1. The third kappa shape index (κ3) is 4.11. The summed E-state index contributed by atoms with van der Waals surface area (Å²) in [5.41, 5.74) is 3.78. The Balaban J connectivity index is 1.43. The van der Waals surface area contributed by atoms with Crippen LogP contribution >= 0.6 is 0 Å². The molecule has 0 saturated carbocycles. The monoisotopic (exact) mass is 396 g/mol. The van der Waals surface area contributed by atoms with Crippen LogP contribution in [-0.4, -0.2) is 53.1 Å². The van der Waals surface area contributed by atoms with Crippen molar-refractivity contribution in [3.05, 3.63) is 47.2 Å². The van der Waals surface area contributed by atoms with Crippen LogP contribution in [0.25, 0.3) is 0 Å². The molecule has 0 bridgehead atoms. The molecule has 4 rings (SSSR count). The number of amides is 1. The van der Waals surface area contributed by atoms with Gasteiger partial charge in [0.15, 0.2) is 17.3 Å². The van der Waals surface area contributed by atoms with E-state index < -0.39 is 5.79 Å². The van der Waals surface area contributed by atoms with Gasteiger partial charge >= 0.3 is 0 Å². The molecule has 154 valence electrons. The molecule has 0 radical (unpaired) electrons. The highest BCUT2D eigenvalue weighted by Gasteiger charge is 2.41. The molecule has 1 spiro atoms. The Morgan fingerprint density at radius 3 is 2.45 bits per heavy atom. The molecular formula is C22H28N4O3. The maximum Gasteiger partial charge on any atom is 0.274 e. The van der Waals surface area contributed by atoms with Crippen molar-refractivity contribution in [3.8, 4) is 0 Å². The topological polar surface area (TPSA) is 76.6 Å². The molecule has 1 amide bonds. The number of benzene rings is 1. The fraction of sp³-hybridized carbons (Fsp3) is 0.500. The second-order valence-corrected chi connectivity index (χ2v) is 8.02. The first kappa shape index (κ1) is 19.8. The first-order valence-electron chi connectivity index (χ1n) is 10.2. The van der Waals surface area contributed by atoms with E-state index in [2.05, 4.69) is 54.5 Å². The van der Waals surface area contributed by atoms with Gasteiger partial charge in [-0.15, -0.1) is 10.2 Å². The summed E-state index contributed by atoms with van der Waals surface area (Å²) >= 11 is 0. The number of carbonyl (C=O) groups excluding carboxylic acids is 1. The number of likely N-dealkylation sites (tertiary alicyclic amines) is 1. The number of nitrogens with one attached hydrogen (secondary N) is 1. The minimum atomic E-state index is -0.488. The summed E-state index contributed by atoms with van der Waals surface area (Å²) in [6, 6.07) is 9.80. The summed E-state index contributed by atoms with van der Waals surface area (Å²) < 4.78 is 11.5. The molecule has 7 nitrogen and oxygen atoms in total. The number of para-hydroxylation sites is 1. The normalized spacial score (nSPS) is 18.4. The highest BCUT2D eigenvalue weighted by atomic mass is 16.7. The van der Waals surface area contributed by atoms with Crippen molar-refractivity contribution in [3.63, 3.8) is 0 Å². The molecule has 0 aliphatic carbocycles. The number of aryl methyl sites for hydroxylation is 1. The lowest BCUT2D eigenvalue weighted by Crippen LogP contribution is -2.47. The first-order chi connectivity index (χ1) is 14.0. The average molecular weight is 396 g/mol. The van der Waals surface area contributed by atoms with Crippen molar-refractivity contribution in [2.24, 2.45) is 0 Å². The summed E-state index contributed by atoms with van der Waals surface area (Å²) in [5, 5.41) is 11.8. The number of nitrogens with zero attached hydrogens (tertiary/aromatic N) is 3. The molecule has 0 atom stereocenters. The van der Waals surface area contributed by atoms with Gasteiger partial charge in [0, 0.05) is 31.6 Å². The standard InChI is InChI=1S/C22H28N4O3/c1-15(2)17-6-4-5-16(3)20(17)23-19-8-7-18(24-25-19)21(27)26-11-9-22(10-12-26)28-13-14-29-22/h4-8,15H,9-14H2,1-3H3,(H,23,25). The van der Waals surface area contributed by atoms with Crippen LogP contribution in [0.15, 0.2) is 30.3 Å². The second-order valence-electron chi connectivity index (χ2n) is 8.02. The molecular weight excluding hydrogens is 368 g/mol. The van der Waals surface area contributed by atoms with Crippen molar-refractivity contribution in [2.45, 2.75) is 45.3 Å². The van der Waals surface area contributed by atoms with E-state index in [1.54, 1.807) is 11.0 Å². The fourth-order valence-electron chi connectivity index (χ4n) is 3.98. The Hall–Kier alpha value is -2.51. The predicted octanol–water partition coefficient (Wildman–Crippen LogP) is 3.63. The van der Waals surface area contributed by atoms with Crippen molar-refractivity contribution < 1.29 is 14.3 Å². The molecule has 2 saturated heterocycles. The van der Waals surface area contributed by atoms with Gasteiger partial charge in [-0.3, -0.25) is 4.79 Å². The highest BCUT2D eigenvalue weighted by molar-refractivity contribution is 5.92. The van der Waals surface area contributed by atoms with Crippen LogP contribution in [0.2, 0.25) is 0 Å². The Bertz CT molecular complexity index is 866. The average Bonchev–Trinajstić information content (AvgIpc) is 3.18.